The van der Waals surface area contributed by atoms with Crippen LogP contribution < -0.4 is 15.2 Å². The lowest BCUT2D eigenvalue weighted by atomic mass is 10.1. The van der Waals surface area contributed by atoms with E-state index in [4.69, 9.17) is 19.9 Å². The van der Waals surface area contributed by atoms with Crippen LogP contribution in [0.25, 0.3) is 21.9 Å². The molecule has 1 fully saturated rings. The lowest BCUT2D eigenvalue weighted by Crippen LogP contribution is -2.34. The predicted molar refractivity (Wildman–Crippen MR) is 112 cm³/mol. The number of pyridine rings is 1. The summed E-state index contributed by atoms with van der Waals surface area (Å²) in [7, 11) is 1.59. The third-order valence-corrected chi connectivity index (χ3v) is 5.43. The Morgan fingerprint density at radius 3 is 2.81 bits per heavy atom. The van der Waals surface area contributed by atoms with E-state index >= 15 is 0 Å². The van der Waals surface area contributed by atoms with Crippen molar-refractivity contribution in [2.45, 2.75) is 24.5 Å². The van der Waals surface area contributed by atoms with Gasteiger partial charge in [-0.3, -0.25) is 4.98 Å². The summed E-state index contributed by atoms with van der Waals surface area (Å²) in [6.07, 6.45) is 0.806. The normalized spacial score (nSPS) is 23.5. The van der Waals surface area contributed by atoms with Crippen molar-refractivity contribution in [2.24, 2.45) is 0 Å². The number of aliphatic hydroxyl groups excluding tert-OH is 2. The van der Waals surface area contributed by atoms with Crippen LogP contribution >= 0.6 is 0 Å². The van der Waals surface area contributed by atoms with Gasteiger partial charge in [-0.1, -0.05) is 0 Å². The molecular formula is C21H21N5O5. The average molecular weight is 423 g/mol. The van der Waals surface area contributed by atoms with Gasteiger partial charge in [-0.15, -0.1) is 0 Å². The molecule has 10 nitrogen and oxygen atoms in total. The van der Waals surface area contributed by atoms with Crippen molar-refractivity contribution < 1.29 is 24.4 Å². The van der Waals surface area contributed by atoms with Crippen LogP contribution in [0.4, 0.5) is 5.82 Å². The molecule has 3 aromatic heterocycles. The summed E-state index contributed by atoms with van der Waals surface area (Å²) < 4.78 is 18.6. The summed E-state index contributed by atoms with van der Waals surface area (Å²) in [5, 5.41) is 22.6. The van der Waals surface area contributed by atoms with Crippen LogP contribution in [-0.2, 0) is 4.74 Å². The summed E-state index contributed by atoms with van der Waals surface area (Å²) in [5.41, 5.74) is 7.14. The molecule has 1 aromatic carbocycles. The molecule has 0 radical (unpaired) electrons. The Labute approximate surface area is 176 Å². The summed E-state index contributed by atoms with van der Waals surface area (Å²) in [6, 6.07) is 9.10. The van der Waals surface area contributed by atoms with Crippen molar-refractivity contribution >= 4 is 27.8 Å². The van der Waals surface area contributed by atoms with Crippen LogP contribution in [-0.4, -0.2) is 61.8 Å². The molecule has 1 saturated heterocycles. The minimum atomic E-state index is -1.16. The number of aliphatic hydroxyl groups is 2. The van der Waals surface area contributed by atoms with E-state index in [1.54, 1.807) is 42.3 Å². The third-order valence-electron chi connectivity index (χ3n) is 5.43. The first-order valence-electron chi connectivity index (χ1n) is 9.70. The van der Waals surface area contributed by atoms with Gasteiger partial charge in [0.25, 0.3) is 0 Å². The molecule has 0 saturated carbocycles. The van der Waals surface area contributed by atoms with Crippen LogP contribution in [0.3, 0.4) is 0 Å². The predicted octanol–water partition coefficient (Wildman–Crippen LogP) is 1.27. The molecule has 4 aromatic rings. The topological polar surface area (TPSA) is 138 Å². The van der Waals surface area contributed by atoms with Crippen molar-refractivity contribution in [2.75, 3.05) is 19.5 Å². The number of rotatable bonds is 5. The van der Waals surface area contributed by atoms with Crippen LogP contribution in [0.1, 0.15) is 6.23 Å². The SMILES string of the molecule is COc1cnc2cc(OC[C@H]3O[C@@H](n4ccc5c(N)ncnc54)[C@H](O)[C@@H]3O)ccc2c1. The smallest absolute Gasteiger partial charge is 0.164 e. The molecule has 1 aliphatic rings. The van der Waals surface area contributed by atoms with Gasteiger partial charge in [0.1, 0.15) is 54.2 Å². The van der Waals surface area contributed by atoms with Crippen LogP contribution in [0, 0.1) is 0 Å². The molecule has 10 heteroatoms. The molecule has 0 unspecified atom stereocenters. The summed E-state index contributed by atoms with van der Waals surface area (Å²) in [5.74, 6) is 1.58. The largest absolute Gasteiger partial charge is 0.495 e. The van der Waals surface area contributed by atoms with Gasteiger partial charge >= 0.3 is 0 Å². The second kappa shape index (κ2) is 7.65. The highest BCUT2D eigenvalue weighted by Gasteiger charge is 2.44. The molecule has 160 valence electrons. The van der Waals surface area contributed by atoms with Gasteiger partial charge < -0.3 is 34.7 Å². The van der Waals surface area contributed by atoms with E-state index < -0.39 is 24.5 Å². The van der Waals surface area contributed by atoms with Gasteiger partial charge in [0.2, 0.25) is 0 Å². The summed E-state index contributed by atoms with van der Waals surface area (Å²) in [6.45, 7) is 0.0483. The molecule has 0 aliphatic carbocycles. The Kier molecular flexibility index (Phi) is 4.81. The Morgan fingerprint density at radius 2 is 1.97 bits per heavy atom. The number of nitrogens with zero attached hydrogens (tertiary/aromatic N) is 4. The van der Waals surface area contributed by atoms with Gasteiger partial charge in [0.15, 0.2) is 6.23 Å². The highest BCUT2D eigenvalue weighted by atomic mass is 16.6. The summed E-state index contributed by atoms with van der Waals surface area (Å²) in [4.78, 5) is 12.5. The van der Waals surface area contributed by atoms with Crippen molar-refractivity contribution in [3.8, 4) is 11.5 Å². The number of methoxy groups -OCH3 is 1. The van der Waals surface area contributed by atoms with Gasteiger partial charge in [0.05, 0.1) is 24.2 Å². The number of anilines is 1. The van der Waals surface area contributed by atoms with Crippen LogP contribution in [0.2, 0.25) is 0 Å². The zero-order valence-electron chi connectivity index (χ0n) is 16.6. The molecule has 4 N–H and O–H groups in total. The maximum Gasteiger partial charge on any atom is 0.164 e. The molecule has 4 heterocycles. The zero-order chi connectivity index (χ0) is 21.5. The van der Waals surface area contributed by atoms with Gasteiger partial charge in [0, 0.05) is 17.6 Å². The van der Waals surface area contributed by atoms with Gasteiger partial charge in [-0.2, -0.15) is 0 Å². The van der Waals surface area contributed by atoms with E-state index in [0.717, 1.165) is 10.9 Å². The first-order chi connectivity index (χ1) is 15.0. The van der Waals surface area contributed by atoms with E-state index in [0.29, 0.717) is 28.4 Å². The number of hydrogen-bond acceptors (Lipinski definition) is 9. The Morgan fingerprint density at radius 1 is 1.10 bits per heavy atom. The molecular weight excluding hydrogens is 402 g/mol. The monoisotopic (exact) mass is 423 g/mol. The average Bonchev–Trinajstić information content (AvgIpc) is 3.34. The quantitative estimate of drug-likeness (QED) is 0.433. The maximum atomic E-state index is 10.6. The standard InChI is InChI=1S/C21H21N5O5/c1-29-13-6-11-2-3-12(7-15(11)23-8-13)30-9-16-17(27)18(28)21(31-16)26-5-4-14-19(22)24-10-25-20(14)26/h2-8,10,16-18,21,27-28H,9H2,1H3,(H2,22,24,25)/t16-,17-,18-,21-/m1/s1. The first kappa shape index (κ1) is 19.5. The van der Waals surface area contributed by atoms with Crippen LogP contribution in [0.5, 0.6) is 11.5 Å². The number of nitrogen functional groups attached to an aromatic ring is 1. The zero-order valence-corrected chi connectivity index (χ0v) is 16.6. The van der Waals surface area contributed by atoms with E-state index in [-0.39, 0.29) is 6.61 Å². The molecule has 0 amide bonds. The minimum Gasteiger partial charge on any atom is -0.495 e. The highest BCUT2D eigenvalue weighted by molar-refractivity contribution is 5.86. The number of aromatic nitrogens is 4. The minimum absolute atomic E-state index is 0.0483. The maximum absolute atomic E-state index is 10.6. The van der Waals surface area contributed by atoms with Gasteiger partial charge in [-0.05, 0) is 24.3 Å². The number of ether oxygens (including phenoxy) is 3. The third kappa shape index (κ3) is 3.40. The second-order valence-electron chi connectivity index (χ2n) is 7.31. The second-order valence-corrected chi connectivity index (χ2v) is 7.31. The van der Waals surface area contributed by atoms with E-state index in [2.05, 4.69) is 15.0 Å². The molecule has 5 rings (SSSR count). The molecule has 4 atom stereocenters. The lowest BCUT2D eigenvalue weighted by Gasteiger charge is -2.17. The van der Waals surface area contributed by atoms with Crippen molar-refractivity contribution in [1.29, 1.82) is 0 Å². The number of benzene rings is 1. The fourth-order valence-electron chi connectivity index (χ4n) is 3.75. The number of hydrogen-bond donors (Lipinski definition) is 3. The van der Waals surface area contributed by atoms with Gasteiger partial charge in [-0.25, -0.2) is 9.97 Å². The highest BCUT2D eigenvalue weighted by Crippen LogP contribution is 2.33. The Hall–Kier alpha value is -3.47. The molecule has 0 bridgehead atoms. The Bertz CT molecular complexity index is 1250. The Balaban J connectivity index is 1.32. The van der Waals surface area contributed by atoms with Crippen molar-refractivity contribution in [1.82, 2.24) is 19.5 Å². The van der Waals surface area contributed by atoms with Crippen LogP contribution in [0.15, 0.2) is 49.1 Å². The fourth-order valence-corrected chi connectivity index (χ4v) is 3.75. The van der Waals surface area contributed by atoms with E-state index in [9.17, 15) is 10.2 Å². The molecule has 1 aliphatic heterocycles. The van der Waals surface area contributed by atoms with Crippen molar-refractivity contribution in [3.05, 3.63) is 49.1 Å². The number of fused-ring (bicyclic) bond motifs is 2. The lowest BCUT2D eigenvalue weighted by molar-refractivity contribution is -0.0471. The van der Waals surface area contributed by atoms with E-state index in [1.807, 2.05) is 12.1 Å². The molecule has 31 heavy (non-hydrogen) atoms. The van der Waals surface area contributed by atoms with E-state index in [1.165, 1.54) is 6.33 Å². The number of nitrogens with two attached hydrogens (primary N) is 1. The summed E-state index contributed by atoms with van der Waals surface area (Å²) >= 11 is 0. The van der Waals surface area contributed by atoms with Crippen molar-refractivity contribution in [3.63, 3.8) is 0 Å². The first-order valence-corrected chi connectivity index (χ1v) is 9.70. The fraction of sp³-hybridized carbons (Fsp3) is 0.286. The molecule has 0 spiro atoms.